The van der Waals surface area contributed by atoms with Gasteiger partial charge in [0.05, 0.1) is 5.56 Å². The molecule has 6 rings (SSSR count). The molecule has 0 unspecified atom stereocenters. The molecule has 4 atom stereocenters. The topological polar surface area (TPSA) is 158 Å². The summed E-state index contributed by atoms with van der Waals surface area (Å²) in [5.74, 6) is -7.58. The third-order valence-electron chi connectivity index (χ3n) is 9.94. The van der Waals surface area contributed by atoms with E-state index in [1.54, 1.807) is 13.8 Å². The predicted octanol–water partition coefficient (Wildman–Crippen LogP) is 5.04. The number of aliphatic hydroxyl groups is 3. The number of phenolic OH excluding ortho intramolecular Hbond substituents is 1. The standard InChI is InChI=1S/C36H37NO7/c1-18(2)27-25-17-22-16-24-23(21-12-11-20(15-21)10-6-9-19-7-4-3-5-8-19)13-14-26(38)29(24)32(40)28(22)33(41)36(25,44)34(42)30(31(27)39)35(37)43/h3-5,7-8,11-14,18,22,25,27,38,40,42,44H,6,9-10,15-17H2,1-2H3,(H2,37,43)/t22-,25-,27-,36-/m0/s1. The first-order valence-electron chi connectivity index (χ1n) is 15.2. The first-order valence-corrected chi connectivity index (χ1v) is 15.2. The summed E-state index contributed by atoms with van der Waals surface area (Å²) < 4.78 is 0. The van der Waals surface area contributed by atoms with Gasteiger partial charge in [0.25, 0.3) is 5.91 Å². The summed E-state index contributed by atoms with van der Waals surface area (Å²) in [5.41, 5.74) is 7.21. The molecule has 0 heterocycles. The van der Waals surface area contributed by atoms with E-state index in [0.29, 0.717) is 5.56 Å². The molecule has 6 N–H and O–H groups in total. The van der Waals surface area contributed by atoms with Crippen molar-refractivity contribution in [2.24, 2.45) is 29.4 Å². The number of aromatic hydroxyl groups is 1. The van der Waals surface area contributed by atoms with Crippen LogP contribution in [0.1, 0.15) is 61.8 Å². The van der Waals surface area contributed by atoms with Crippen LogP contribution in [-0.2, 0) is 27.2 Å². The van der Waals surface area contributed by atoms with Crippen molar-refractivity contribution in [1.82, 2.24) is 0 Å². The number of primary amides is 1. The Bertz CT molecular complexity index is 1710. The number of carbonyl (C=O) groups is 3. The number of benzene rings is 2. The fourth-order valence-electron chi connectivity index (χ4n) is 7.89. The molecule has 0 saturated heterocycles. The third kappa shape index (κ3) is 4.51. The van der Waals surface area contributed by atoms with Gasteiger partial charge in [-0.15, -0.1) is 0 Å². The zero-order valence-electron chi connectivity index (χ0n) is 24.8. The Hall–Kier alpha value is -4.43. The fraction of sp³-hybridized carbons (Fsp3) is 0.361. The zero-order valence-corrected chi connectivity index (χ0v) is 24.8. The van der Waals surface area contributed by atoms with Gasteiger partial charge in [-0.2, -0.15) is 0 Å². The summed E-state index contributed by atoms with van der Waals surface area (Å²) in [4.78, 5) is 39.6. The molecule has 0 spiro atoms. The molecule has 1 saturated carbocycles. The van der Waals surface area contributed by atoms with Crippen molar-refractivity contribution >= 4 is 28.8 Å². The number of carbonyl (C=O) groups excluding carboxylic acids is 3. The second kappa shape index (κ2) is 10.9. The van der Waals surface area contributed by atoms with Gasteiger partial charge in [-0.25, -0.2) is 0 Å². The van der Waals surface area contributed by atoms with Gasteiger partial charge in [0.15, 0.2) is 11.4 Å². The quantitative estimate of drug-likeness (QED) is 0.281. The number of nitrogens with two attached hydrogens (primary N) is 1. The minimum atomic E-state index is -2.61. The SMILES string of the molecule is CC(C)[C@@H]1C(=O)C(C(N)=O)=C(O)[C@@]2(O)C(=O)C3=C(O)c4c(O)ccc(C5=CC=C(CCCc6ccccc6)C5)c4C[C@H]3C[C@@H]12. The largest absolute Gasteiger partial charge is 0.508 e. The molecule has 4 aliphatic rings. The minimum absolute atomic E-state index is 0.100. The molecule has 0 aliphatic heterocycles. The lowest BCUT2D eigenvalue weighted by molar-refractivity contribution is -0.155. The van der Waals surface area contributed by atoms with Crippen molar-refractivity contribution in [3.05, 3.63) is 99.3 Å². The van der Waals surface area contributed by atoms with E-state index in [4.69, 9.17) is 5.73 Å². The van der Waals surface area contributed by atoms with Gasteiger partial charge < -0.3 is 26.2 Å². The number of aliphatic hydroxyl groups excluding tert-OH is 2. The molecule has 1 amide bonds. The van der Waals surface area contributed by atoms with Gasteiger partial charge in [0.2, 0.25) is 5.78 Å². The number of allylic oxidation sites excluding steroid dienone is 4. The molecule has 4 aliphatic carbocycles. The van der Waals surface area contributed by atoms with Crippen molar-refractivity contribution in [3.8, 4) is 5.75 Å². The Kier molecular flexibility index (Phi) is 7.36. The highest BCUT2D eigenvalue weighted by Gasteiger charge is 2.64. The molecule has 8 heteroatoms. The van der Waals surface area contributed by atoms with Crippen molar-refractivity contribution in [3.63, 3.8) is 0 Å². The number of Topliss-reactive ketones (excluding diaryl/α,β-unsaturated/α-hetero) is 2. The Morgan fingerprint density at radius 3 is 2.43 bits per heavy atom. The average Bonchev–Trinajstić information content (AvgIpc) is 3.44. The molecule has 0 aromatic heterocycles. The van der Waals surface area contributed by atoms with Crippen molar-refractivity contribution < 1.29 is 34.8 Å². The Labute approximate surface area is 255 Å². The first kappa shape index (κ1) is 29.6. The molecule has 0 radical (unpaired) electrons. The Balaban J connectivity index is 1.34. The van der Waals surface area contributed by atoms with Gasteiger partial charge >= 0.3 is 0 Å². The average molecular weight is 596 g/mol. The van der Waals surface area contributed by atoms with Crippen molar-refractivity contribution in [2.45, 2.75) is 58.0 Å². The molecular formula is C36H37NO7. The maximum absolute atomic E-state index is 14.1. The fourth-order valence-corrected chi connectivity index (χ4v) is 7.89. The lowest BCUT2D eigenvalue weighted by Crippen LogP contribution is -2.62. The van der Waals surface area contributed by atoms with Crippen LogP contribution in [0.3, 0.4) is 0 Å². The second-order valence-corrected chi connectivity index (χ2v) is 12.8. The van der Waals surface area contributed by atoms with Gasteiger partial charge in [0.1, 0.15) is 22.8 Å². The van der Waals surface area contributed by atoms with Gasteiger partial charge in [-0.1, -0.05) is 68.0 Å². The first-order chi connectivity index (χ1) is 20.9. The number of hydrogen-bond donors (Lipinski definition) is 5. The molecule has 44 heavy (non-hydrogen) atoms. The zero-order chi connectivity index (χ0) is 31.5. The van der Waals surface area contributed by atoms with E-state index >= 15 is 0 Å². The highest BCUT2D eigenvalue weighted by molar-refractivity contribution is 6.23. The molecular weight excluding hydrogens is 558 g/mol. The summed E-state index contributed by atoms with van der Waals surface area (Å²) in [6, 6.07) is 13.7. The van der Waals surface area contributed by atoms with Gasteiger partial charge in [0, 0.05) is 17.4 Å². The van der Waals surface area contributed by atoms with Crippen LogP contribution in [0.5, 0.6) is 5.75 Å². The maximum Gasteiger partial charge on any atom is 0.255 e. The highest BCUT2D eigenvalue weighted by atomic mass is 16.3. The lowest BCUT2D eigenvalue weighted by atomic mass is 9.54. The number of hydrogen-bond acceptors (Lipinski definition) is 7. The van der Waals surface area contributed by atoms with E-state index in [-0.39, 0.29) is 35.6 Å². The Morgan fingerprint density at radius 1 is 1.02 bits per heavy atom. The van der Waals surface area contributed by atoms with Crippen LogP contribution in [0, 0.1) is 23.7 Å². The Morgan fingerprint density at radius 2 is 1.75 bits per heavy atom. The molecule has 0 bridgehead atoms. The number of ketones is 2. The smallest absolute Gasteiger partial charge is 0.255 e. The monoisotopic (exact) mass is 595 g/mol. The maximum atomic E-state index is 14.1. The normalized spacial score (nSPS) is 26.3. The molecule has 228 valence electrons. The van der Waals surface area contributed by atoms with E-state index in [1.165, 1.54) is 17.2 Å². The number of fused-ring (bicyclic) bond motifs is 3. The van der Waals surface area contributed by atoms with Crippen LogP contribution in [0.15, 0.2) is 77.1 Å². The number of phenols is 1. The number of rotatable bonds is 7. The van der Waals surface area contributed by atoms with E-state index in [0.717, 1.165) is 36.8 Å². The number of aryl methyl sites for hydroxylation is 1. The number of amides is 1. The predicted molar refractivity (Wildman–Crippen MR) is 165 cm³/mol. The summed E-state index contributed by atoms with van der Waals surface area (Å²) in [5, 5.41) is 45.3. The van der Waals surface area contributed by atoms with E-state index < -0.39 is 57.9 Å². The molecule has 1 fully saturated rings. The van der Waals surface area contributed by atoms with E-state index in [2.05, 4.69) is 24.3 Å². The van der Waals surface area contributed by atoms with Crippen LogP contribution >= 0.6 is 0 Å². The summed E-state index contributed by atoms with van der Waals surface area (Å²) in [6.45, 7) is 3.50. The summed E-state index contributed by atoms with van der Waals surface area (Å²) >= 11 is 0. The van der Waals surface area contributed by atoms with Crippen molar-refractivity contribution in [1.29, 1.82) is 0 Å². The van der Waals surface area contributed by atoms with Gasteiger partial charge in [-0.05, 0) is 78.7 Å². The van der Waals surface area contributed by atoms with Crippen LogP contribution in [0.4, 0.5) is 0 Å². The van der Waals surface area contributed by atoms with Gasteiger partial charge in [-0.3, -0.25) is 14.4 Å². The molecule has 8 nitrogen and oxygen atoms in total. The summed E-state index contributed by atoms with van der Waals surface area (Å²) in [7, 11) is 0. The van der Waals surface area contributed by atoms with Crippen LogP contribution in [-0.4, -0.2) is 43.5 Å². The summed E-state index contributed by atoms with van der Waals surface area (Å²) in [6.07, 6.45) is 8.24. The molecule has 2 aromatic rings. The lowest BCUT2D eigenvalue weighted by Gasteiger charge is -2.50. The second-order valence-electron chi connectivity index (χ2n) is 12.8. The van der Waals surface area contributed by atoms with E-state index in [1.807, 2.05) is 24.3 Å². The third-order valence-corrected chi connectivity index (χ3v) is 9.94. The van der Waals surface area contributed by atoms with Crippen LogP contribution in [0.25, 0.3) is 11.3 Å². The van der Waals surface area contributed by atoms with Crippen LogP contribution in [0.2, 0.25) is 0 Å². The van der Waals surface area contributed by atoms with Crippen molar-refractivity contribution in [2.75, 3.05) is 0 Å². The highest BCUT2D eigenvalue weighted by Crippen LogP contribution is 2.55. The minimum Gasteiger partial charge on any atom is -0.508 e. The van der Waals surface area contributed by atoms with E-state index in [9.17, 15) is 34.8 Å². The van der Waals surface area contributed by atoms with Crippen LogP contribution < -0.4 is 5.73 Å². The molecule has 2 aromatic carbocycles.